The Morgan fingerprint density at radius 3 is 1.02 bits per heavy atom. The summed E-state index contributed by atoms with van der Waals surface area (Å²) >= 11 is 0. The maximum absolute atomic E-state index is 5.86. The minimum Gasteiger partial charge on any atom is -0.496 e. The number of hydrogen-bond donors (Lipinski definition) is 6. The molecular formula is C104H100N18O. The average molecular weight is 1620 g/mol. The molecule has 19 heteroatoms. The van der Waals surface area contributed by atoms with Gasteiger partial charge in [-0.3, -0.25) is 0 Å². The fraction of sp³-hybridized carbons (Fsp3) is 0.154. The van der Waals surface area contributed by atoms with Gasteiger partial charge in [0.1, 0.15) is 5.75 Å². The Labute approximate surface area is 716 Å². The molecule has 6 aromatic heterocycles. The Balaban J connectivity index is 0.000000120. The molecule has 612 valence electrons. The van der Waals surface area contributed by atoms with Crippen LogP contribution in [0.5, 0.6) is 5.75 Å². The van der Waals surface area contributed by atoms with Crippen molar-refractivity contribution in [2.45, 2.75) is 102 Å². The first-order chi connectivity index (χ1) is 59.3. The molecule has 12 N–H and O–H groups in total. The predicted molar refractivity (Wildman–Crippen MR) is 511 cm³/mol. The summed E-state index contributed by atoms with van der Waals surface area (Å²) in [5.41, 5.74) is 74.5. The molecule has 0 bridgehead atoms. The van der Waals surface area contributed by atoms with E-state index in [0.717, 1.165) is 204 Å². The van der Waals surface area contributed by atoms with Crippen molar-refractivity contribution in [1.29, 1.82) is 0 Å². The lowest BCUT2D eigenvalue weighted by molar-refractivity contribution is 0.411. The number of fused-ring (bicyclic) bond motifs is 7. The average Bonchev–Trinajstić information content (AvgIpc) is 1.52. The first-order valence-corrected chi connectivity index (χ1v) is 41.0. The van der Waals surface area contributed by atoms with Crippen molar-refractivity contribution in [1.82, 2.24) is 59.8 Å². The molecule has 19 aromatic rings. The van der Waals surface area contributed by atoms with Gasteiger partial charge in [-0.2, -0.15) is 0 Å². The number of unbranched alkanes of at least 4 members (excludes halogenated alkanes) is 1. The van der Waals surface area contributed by atoms with Crippen molar-refractivity contribution >= 4 is 111 Å². The zero-order valence-electron chi connectivity index (χ0n) is 71.7. The molecule has 0 fully saturated rings. The van der Waals surface area contributed by atoms with Gasteiger partial charge in [0.2, 0.25) is 0 Å². The fourth-order valence-corrected chi connectivity index (χ4v) is 14.5. The summed E-state index contributed by atoms with van der Waals surface area (Å²) in [6.07, 6.45) is 3.20. The van der Waals surface area contributed by atoms with Gasteiger partial charge < -0.3 is 39.1 Å². The molecule has 0 saturated heterocycles. The molecule has 6 heterocycles. The summed E-state index contributed by atoms with van der Waals surface area (Å²) in [4.78, 5) is 56.4. The molecule has 0 saturated carbocycles. The van der Waals surface area contributed by atoms with Crippen LogP contribution in [0.25, 0.3) is 145 Å². The van der Waals surface area contributed by atoms with Crippen LogP contribution >= 0.6 is 0 Å². The van der Waals surface area contributed by atoms with Gasteiger partial charge in [0.25, 0.3) is 0 Å². The van der Waals surface area contributed by atoms with Gasteiger partial charge in [0, 0.05) is 67.5 Å². The topological polar surface area (TPSA) is 320 Å². The maximum Gasteiger partial charge on any atom is 0.122 e. The van der Waals surface area contributed by atoms with Crippen LogP contribution in [0.3, 0.4) is 0 Å². The second-order valence-electron chi connectivity index (χ2n) is 31.0. The third-order valence-electron chi connectivity index (χ3n) is 21.4. The summed E-state index contributed by atoms with van der Waals surface area (Å²) in [6.45, 7) is 24.6. The Morgan fingerprint density at radius 2 is 0.593 bits per heavy atom. The lowest BCUT2D eigenvalue weighted by atomic mass is 10.0. The van der Waals surface area contributed by atoms with Crippen LogP contribution in [-0.4, -0.2) is 66.9 Å². The van der Waals surface area contributed by atoms with Crippen LogP contribution in [0.2, 0.25) is 0 Å². The quantitative estimate of drug-likeness (QED) is 0.0693. The number of nitrogens with zero attached hydrogens (tertiary/aromatic N) is 12. The lowest BCUT2D eigenvalue weighted by Crippen LogP contribution is -2.00. The number of hydrogen-bond acceptors (Lipinski definition) is 19. The Morgan fingerprint density at radius 1 is 0.244 bits per heavy atom. The summed E-state index contributed by atoms with van der Waals surface area (Å²) in [6, 6.07) is 85.9. The van der Waals surface area contributed by atoms with E-state index in [0.29, 0.717) is 28.4 Å². The van der Waals surface area contributed by atoms with Crippen molar-refractivity contribution in [3.63, 3.8) is 0 Å². The highest BCUT2D eigenvalue weighted by atomic mass is 16.5. The van der Waals surface area contributed by atoms with E-state index in [4.69, 9.17) is 74.0 Å². The number of anilines is 6. The number of methoxy groups -OCH3 is 1. The van der Waals surface area contributed by atoms with E-state index in [1.807, 2.05) is 186 Å². The van der Waals surface area contributed by atoms with Crippen LogP contribution < -0.4 is 39.1 Å². The summed E-state index contributed by atoms with van der Waals surface area (Å²) in [5.74, 6) is 0.865. The Hall–Kier alpha value is -15.2. The number of ether oxygens (including phenoxy) is 1. The monoisotopic (exact) mass is 1620 g/mol. The second kappa shape index (κ2) is 37.4. The standard InChI is InChI=1S/C19H15N3.C18H19N3O.C18H19N3.C17H17N3.2C16H15N3/c1-12-19(22-18-11-16(20)8-9-17(18)21-12)15-7-6-13-4-2-3-5-14(13)10-15;1-10-7-13(8-17(22-4)11(10)2)18-12(3)20-15-6-5-14(19)9-16(15)21-18;1-2-3-9-16-18(13-7-5-4-6-8-13)21-15-11-10-14(19)12-17(15)20-16;1-10-4-5-13(8-11(10)2)17-12(3)19-15-7-6-14(18)9-16(15)20-17;1-10-3-5-12(6-4-10)16-11(2)18-14-8-7-13(17)9-15(14)19-16;1-10-4-3-5-12(8-10)16-11(2)18-14-7-6-13(17)9-15(14)19-16/h2-11H,20H2,1H3;5-9H,19H2,1-4H3;4-8,10-12H,2-3,9,19H2,1H3;4-9H,18H2,1-3H3;2*3-9H,17H2,1-2H3. The second-order valence-corrected chi connectivity index (χ2v) is 31.0. The molecule has 0 spiro atoms. The van der Waals surface area contributed by atoms with E-state index in [-0.39, 0.29) is 0 Å². The van der Waals surface area contributed by atoms with E-state index in [9.17, 15) is 0 Å². The molecular weight excluding hydrogens is 1520 g/mol. The molecule has 0 unspecified atom stereocenters. The van der Waals surface area contributed by atoms with Crippen LogP contribution in [-0.2, 0) is 6.42 Å². The van der Waals surface area contributed by atoms with E-state index in [1.54, 1.807) is 7.11 Å². The van der Waals surface area contributed by atoms with Gasteiger partial charge in [0.05, 0.1) is 142 Å². The molecule has 0 amide bonds. The van der Waals surface area contributed by atoms with Gasteiger partial charge in [-0.05, 0) is 262 Å². The van der Waals surface area contributed by atoms with Crippen LogP contribution in [0.15, 0.2) is 261 Å². The smallest absolute Gasteiger partial charge is 0.122 e. The van der Waals surface area contributed by atoms with Crippen LogP contribution in [0.4, 0.5) is 34.1 Å². The summed E-state index contributed by atoms with van der Waals surface area (Å²) in [7, 11) is 1.69. The van der Waals surface area contributed by atoms with E-state index < -0.39 is 0 Å². The van der Waals surface area contributed by atoms with Gasteiger partial charge in [-0.25, -0.2) is 59.8 Å². The van der Waals surface area contributed by atoms with Crippen molar-refractivity contribution in [2.75, 3.05) is 41.5 Å². The highest BCUT2D eigenvalue weighted by Gasteiger charge is 2.18. The van der Waals surface area contributed by atoms with Gasteiger partial charge in [-0.1, -0.05) is 146 Å². The highest BCUT2D eigenvalue weighted by molar-refractivity contribution is 5.90. The molecule has 0 aliphatic carbocycles. The Bertz CT molecular complexity index is 7140. The van der Waals surface area contributed by atoms with E-state index in [1.165, 1.54) is 38.6 Å². The fourth-order valence-electron chi connectivity index (χ4n) is 14.5. The molecule has 13 aromatic carbocycles. The summed E-state index contributed by atoms with van der Waals surface area (Å²) in [5, 5.41) is 2.43. The third-order valence-corrected chi connectivity index (χ3v) is 21.4. The zero-order chi connectivity index (χ0) is 86.7. The molecule has 19 nitrogen and oxygen atoms in total. The Kier molecular flexibility index (Phi) is 25.6. The SMILES string of the molecule is CCCCc1nc2cc(N)ccc2nc1-c1ccccc1.COc1cc(-c2nc3cc(N)ccc3nc2C)cc(C)c1C.Cc1ccc(-c2nc3cc(N)ccc3nc2C)cc1.Cc1ccc(-c2nc3cc(N)ccc3nc2C)cc1C.Cc1cccc(-c2nc3cc(N)ccc3nc2C)c1.Cc1nc2ccc(N)cc2nc1-c1ccc2ccccc2c1. The maximum atomic E-state index is 5.86. The lowest BCUT2D eigenvalue weighted by Gasteiger charge is -2.12. The first kappa shape index (κ1) is 84.2. The number of benzene rings is 13. The predicted octanol–water partition coefficient (Wildman–Crippen LogP) is 23.2. The number of nitrogens with two attached hydrogens (primary N) is 6. The molecule has 19 rings (SSSR count). The van der Waals surface area contributed by atoms with Crippen molar-refractivity contribution in [3.05, 3.63) is 328 Å². The number of aromatic nitrogens is 12. The zero-order valence-corrected chi connectivity index (χ0v) is 71.7. The van der Waals surface area contributed by atoms with Gasteiger partial charge >= 0.3 is 0 Å². The number of rotatable bonds is 10. The van der Waals surface area contributed by atoms with Gasteiger partial charge in [0.15, 0.2) is 0 Å². The van der Waals surface area contributed by atoms with Crippen LogP contribution in [0.1, 0.15) is 87.3 Å². The molecule has 0 radical (unpaired) electrons. The molecule has 0 aliphatic rings. The van der Waals surface area contributed by atoms with E-state index in [2.05, 4.69) is 183 Å². The molecule has 0 atom stereocenters. The highest BCUT2D eigenvalue weighted by Crippen LogP contribution is 2.35. The van der Waals surface area contributed by atoms with E-state index >= 15 is 0 Å². The number of aryl methyl sites for hydroxylation is 11. The minimum absolute atomic E-state index is 0.689. The molecule has 0 aliphatic heterocycles. The summed E-state index contributed by atoms with van der Waals surface area (Å²) < 4.78 is 5.47. The minimum atomic E-state index is 0.689. The third kappa shape index (κ3) is 20.0. The van der Waals surface area contributed by atoms with Crippen molar-refractivity contribution in [2.24, 2.45) is 0 Å². The largest absolute Gasteiger partial charge is 0.496 e. The van der Waals surface area contributed by atoms with Crippen LogP contribution in [0, 0.1) is 76.2 Å². The van der Waals surface area contributed by atoms with Gasteiger partial charge in [-0.15, -0.1) is 0 Å². The van der Waals surface area contributed by atoms with Crippen molar-refractivity contribution < 1.29 is 4.74 Å². The van der Waals surface area contributed by atoms with Crippen molar-refractivity contribution in [3.8, 4) is 73.3 Å². The number of nitrogen functional groups attached to an aromatic ring is 6. The first-order valence-electron chi connectivity index (χ1n) is 41.0. The normalized spacial score (nSPS) is 10.9. The molecule has 123 heavy (non-hydrogen) atoms.